The Labute approximate surface area is 195 Å². The third-order valence-electron chi connectivity index (χ3n) is 6.43. The monoisotopic (exact) mass is 466 g/mol. The molecule has 1 unspecified atom stereocenters. The van der Waals surface area contributed by atoms with Crippen molar-refractivity contribution in [3.8, 4) is 0 Å². The number of benzene rings is 2. The molecule has 2 aliphatic rings. The van der Waals surface area contributed by atoms with Gasteiger partial charge in [-0.25, -0.2) is 0 Å². The molecule has 4 rings (SSSR count). The van der Waals surface area contributed by atoms with E-state index < -0.39 is 5.54 Å². The molecule has 2 aromatic rings. The van der Waals surface area contributed by atoms with Crippen LogP contribution in [0.4, 0.5) is 0 Å². The summed E-state index contributed by atoms with van der Waals surface area (Å²) in [6.45, 7) is 8.05. The van der Waals surface area contributed by atoms with Crippen molar-refractivity contribution in [3.63, 3.8) is 0 Å². The van der Waals surface area contributed by atoms with E-state index in [4.69, 9.17) is 23.2 Å². The van der Waals surface area contributed by atoms with Crippen LogP contribution in [-0.4, -0.2) is 36.9 Å². The van der Waals surface area contributed by atoms with Crippen molar-refractivity contribution in [3.05, 3.63) is 69.2 Å². The minimum atomic E-state index is -0.706. The number of halogens is 3. The van der Waals surface area contributed by atoms with Crippen molar-refractivity contribution in [2.45, 2.75) is 44.1 Å². The zero-order chi connectivity index (χ0) is 20.6. The van der Waals surface area contributed by atoms with E-state index in [1.807, 2.05) is 18.2 Å². The largest absolute Gasteiger partial charge is 0.301 e. The molecular formula is C24H29Cl3N2O. The third-order valence-corrected chi connectivity index (χ3v) is 7.17. The van der Waals surface area contributed by atoms with Gasteiger partial charge in [0, 0.05) is 24.9 Å². The van der Waals surface area contributed by atoms with Crippen molar-refractivity contribution in [1.29, 1.82) is 0 Å². The summed E-state index contributed by atoms with van der Waals surface area (Å²) in [6.07, 6.45) is 2.72. The van der Waals surface area contributed by atoms with E-state index in [9.17, 15) is 4.79 Å². The van der Waals surface area contributed by atoms with Gasteiger partial charge in [-0.15, -0.1) is 12.4 Å². The zero-order valence-corrected chi connectivity index (χ0v) is 19.8. The number of carbonyl (C=O) groups excluding carboxylic acids is 1. The molecule has 6 heteroatoms. The molecule has 0 amide bonds. The maximum atomic E-state index is 13.9. The Morgan fingerprint density at radius 3 is 2.37 bits per heavy atom. The van der Waals surface area contributed by atoms with Gasteiger partial charge >= 0.3 is 0 Å². The Morgan fingerprint density at radius 2 is 1.70 bits per heavy atom. The van der Waals surface area contributed by atoms with Crippen LogP contribution in [0.5, 0.6) is 0 Å². The lowest BCUT2D eigenvalue weighted by atomic mass is 9.69. The Morgan fingerprint density at radius 1 is 1.03 bits per heavy atom. The van der Waals surface area contributed by atoms with E-state index in [0.717, 1.165) is 30.8 Å². The Bertz CT molecular complexity index is 924. The second-order valence-electron chi connectivity index (χ2n) is 9.02. The summed E-state index contributed by atoms with van der Waals surface area (Å²) in [4.78, 5) is 16.3. The summed E-state index contributed by atoms with van der Waals surface area (Å²) in [5, 5.41) is 4.70. The van der Waals surface area contributed by atoms with Crippen molar-refractivity contribution in [1.82, 2.24) is 10.2 Å². The van der Waals surface area contributed by atoms with Gasteiger partial charge in [0.15, 0.2) is 5.78 Å². The van der Waals surface area contributed by atoms with Gasteiger partial charge in [-0.3, -0.25) is 10.1 Å². The van der Waals surface area contributed by atoms with E-state index in [-0.39, 0.29) is 23.6 Å². The lowest BCUT2D eigenvalue weighted by Crippen LogP contribution is -2.62. The summed E-state index contributed by atoms with van der Waals surface area (Å²) >= 11 is 12.3. The molecule has 3 nitrogen and oxygen atoms in total. The molecule has 1 saturated heterocycles. The topological polar surface area (TPSA) is 32.3 Å². The van der Waals surface area contributed by atoms with Gasteiger partial charge in [0.1, 0.15) is 5.54 Å². The number of ketones is 1. The van der Waals surface area contributed by atoms with Gasteiger partial charge in [-0.2, -0.15) is 0 Å². The molecule has 2 aliphatic heterocycles. The predicted octanol–water partition coefficient (Wildman–Crippen LogP) is 5.40. The van der Waals surface area contributed by atoms with Crippen molar-refractivity contribution in [2.24, 2.45) is 0 Å². The normalized spacial score (nSPS) is 22.9. The number of hydrogen-bond donors (Lipinski definition) is 1. The van der Waals surface area contributed by atoms with Crippen LogP contribution in [0.2, 0.25) is 10.0 Å². The van der Waals surface area contributed by atoms with E-state index in [1.54, 1.807) is 6.07 Å². The maximum absolute atomic E-state index is 13.9. The van der Waals surface area contributed by atoms with Crippen molar-refractivity contribution in [2.75, 3.05) is 26.2 Å². The third kappa shape index (κ3) is 4.42. The smallest absolute Gasteiger partial charge is 0.163 e. The fourth-order valence-electron chi connectivity index (χ4n) is 4.75. The standard InChI is InChI=1S/C24H28Cl2N2O.ClH/c1-23(2)15-27-24(16-28-11-5-6-12-28,19-8-4-3-7-18(19)23)22(29)14-17-9-10-20(25)21(26)13-17;/h3-4,7-10,13,27H,5-6,11-12,14-16H2,1-2H3;1H. The van der Waals surface area contributed by atoms with Gasteiger partial charge < -0.3 is 4.90 Å². The molecule has 0 aliphatic carbocycles. The van der Waals surface area contributed by atoms with Crippen molar-refractivity contribution < 1.29 is 4.79 Å². The highest BCUT2D eigenvalue weighted by atomic mass is 35.5. The van der Waals surface area contributed by atoms with Gasteiger partial charge in [0.05, 0.1) is 10.0 Å². The number of likely N-dealkylation sites (tertiary alicyclic amines) is 1. The van der Waals surface area contributed by atoms with Crippen LogP contribution >= 0.6 is 35.6 Å². The van der Waals surface area contributed by atoms with Crippen LogP contribution in [0, 0.1) is 0 Å². The highest BCUT2D eigenvalue weighted by molar-refractivity contribution is 6.42. The molecule has 1 fully saturated rings. The highest BCUT2D eigenvalue weighted by Gasteiger charge is 2.48. The lowest BCUT2D eigenvalue weighted by molar-refractivity contribution is -0.126. The minimum Gasteiger partial charge on any atom is -0.301 e. The quantitative estimate of drug-likeness (QED) is 0.639. The number of nitrogens with one attached hydrogen (secondary N) is 1. The summed E-state index contributed by atoms with van der Waals surface area (Å²) in [7, 11) is 0. The Kier molecular flexibility index (Phi) is 7.21. The van der Waals surface area contributed by atoms with Gasteiger partial charge in [-0.05, 0) is 54.8 Å². The van der Waals surface area contributed by atoms with E-state index in [2.05, 4.69) is 42.3 Å². The van der Waals surface area contributed by atoms with Gasteiger partial charge in [0.25, 0.3) is 0 Å². The first kappa shape index (κ1) is 23.6. The molecule has 1 N–H and O–H groups in total. The maximum Gasteiger partial charge on any atom is 0.163 e. The van der Waals surface area contributed by atoms with E-state index in [0.29, 0.717) is 23.0 Å². The fourth-order valence-corrected chi connectivity index (χ4v) is 5.07. The first-order chi connectivity index (χ1) is 13.8. The molecule has 0 spiro atoms. The van der Waals surface area contributed by atoms with Crippen LogP contribution in [0.1, 0.15) is 43.4 Å². The number of carbonyl (C=O) groups is 1. The molecule has 1 atom stereocenters. The van der Waals surface area contributed by atoms with Crippen molar-refractivity contribution >= 4 is 41.4 Å². The fraction of sp³-hybridized carbons (Fsp3) is 0.458. The molecule has 0 radical (unpaired) electrons. The average molecular weight is 468 g/mol. The summed E-state index contributed by atoms with van der Waals surface area (Å²) in [5.41, 5.74) is 2.56. The Hall–Kier alpha value is -1.10. The molecule has 162 valence electrons. The molecule has 0 aromatic heterocycles. The number of nitrogens with zero attached hydrogens (tertiary/aromatic N) is 1. The molecular weight excluding hydrogens is 439 g/mol. The molecule has 0 saturated carbocycles. The van der Waals surface area contributed by atoms with E-state index >= 15 is 0 Å². The second-order valence-corrected chi connectivity index (χ2v) is 9.83. The second kappa shape index (κ2) is 9.18. The predicted molar refractivity (Wildman–Crippen MR) is 127 cm³/mol. The Balaban J connectivity index is 0.00000256. The highest BCUT2D eigenvalue weighted by Crippen LogP contribution is 2.40. The number of Topliss-reactive ketones (excluding diaryl/α,β-unsaturated/α-hetero) is 1. The minimum absolute atomic E-state index is 0. The molecule has 30 heavy (non-hydrogen) atoms. The van der Waals surface area contributed by atoms with Crippen LogP contribution in [-0.2, 0) is 22.2 Å². The molecule has 2 aromatic carbocycles. The lowest BCUT2D eigenvalue weighted by Gasteiger charge is -2.47. The number of rotatable bonds is 5. The van der Waals surface area contributed by atoms with Crippen LogP contribution in [0.3, 0.4) is 0 Å². The van der Waals surface area contributed by atoms with Gasteiger partial charge in [-0.1, -0.05) is 67.4 Å². The van der Waals surface area contributed by atoms with Gasteiger partial charge in [0.2, 0.25) is 0 Å². The summed E-state index contributed by atoms with van der Waals surface area (Å²) < 4.78 is 0. The molecule has 0 bridgehead atoms. The van der Waals surface area contributed by atoms with Crippen LogP contribution in [0.25, 0.3) is 0 Å². The van der Waals surface area contributed by atoms with Crippen LogP contribution in [0.15, 0.2) is 42.5 Å². The summed E-state index contributed by atoms with van der Waals surface area (Å²) in [6, 6.07) is 13.9. The average Bonchev–Trinajstić information content (AvgIpc) is 3.20. The molecule has 2 heterocycles. The number of fused-ring (bicyclic) bond motifs is 1. The summed E-state index contributed by atoms with van der Waals surface area (Å²) in [5.74, 6) is 0.186. The first-order valence-corrected chi connectivity index (χ1v) is 11.1. The van der Waals surface area contributed by atoms with E-state index in [1.165, 1.54) is 18.4 Å². The SMILES string of the molecule is CC1(C)CNC(CN2CCCC2)(C(=O)Cc2ccc(Cl)c(Cl)c2)c2ccccc21.Cl. The zero-order valence-electron chi connectivity index (χ0n) is 17.5. The number of hydrogen-bond acceptors (Lipinski definition) is 3. The van der Waals surface area contributed by atoms with Crippen LogP contribution < -0.4 is 5.32 Å². The first-order valence-electron chi connectivity index (χ1n) is 10.4.